The summed E-state index contributed by atoms with van der Waals surface area (Å²) in [5.74, 6) is -1.61. The molecule has 3 rings (SSSR count). The summed E-state index contributed by atoms with van der Waals surface area (Å²) in [5, 5.41) is 17.8. The summed E-state index contributed by atoms with van der Waals surface area (Å²) >= 11 is 1.20. The third kappa shape index (κ3) is 5.33. The van der Waals surface area contributed by atoms with Crippen LogP contribution in [0.25, 0.3) is 6.08 Å². The smallest absolute Gasteiger partial charge is 0.272 e. The van der Waals surface area contributed by atoms with Crippen LogP contribution in [-0.4, -0.2) is 16.7 Å². The highest BCUT2D eigenvalue weighted by molar-refractivity contribution is 7.12. The first-order valence-electron chi connectivity index (χ1n) is 8.30. The van der Waals surface area contributed by atoms with Gasteiger partial charge in [-0.1, -0.05) is 18.2 Å². The normalized spacial score (nSPS) is 11.0. The van der Waals surface area contributed by atoms with Crippen LogP contribution in [-0.2, 0) is 4.79 Å². The van der Waals surface area contributed by atoms with Crippen LogP contribution in [0, 0.1) is 15.9 Å². The van der Waals surface area contributed by atoms with Gasteiger partial charge >= 0.3 is 0 Å². The molecule has 0 spiro atoms. The lowest BCUT2D eigenvalue weighted by molar-refractivity contribution is -0.384. The van der Waals surface area contributed by atoms with Crippen LogP contribution >= 0.6 is 11.3 Å². The van der Waals surface area contributed by atoms with E-state index in [1.165, 1.54) is 59.9 Å². The van der Waals surface area contributed by atoms with Gasteiger partial charge in [-0.05, 0) is 47.4 Å². The first kappa shape index (κ1) is 19.9. The Morgan fingerprint density at radius 3 is 2.48 bits per heavy atom. The molecule has 0 aliphatic heterocycles. The number of nitro groups is 1. The van der Waals surface area contributed by atoms with Gasteiger partial charge in [-0.15, -0.1) is 11.3 Å². The van der Waals surface area contributed by atoms with Crippen LogP contribution in [0.15, 0.2) is 71.7 Å². The topological polar surface area (TPSA) is 101 Å². The Morgan fingerprint density at radius 2 is 1.83 bits per heavy atom. The quantitative estimate of drug-likeness (QED) is 0.360. The standard InChI is InChI=1S/C20H14FN3O4S/c21-14-6-8-15(9-7-14)22-19(25)17(23-20(26)18-5-2-10-29-18)12-13-3-1-4-16(11-13)24(27)28/h1-12H,(H,22,25)(H,23,26)/b17-12-. The van der Waals surface area contributed by atoms with E-state index in [0.717, 1.165) is 0 Å². The zero-order valence-corrected chi connectivity index (χ0v) is 15.6. The van der Waals surface area contributed by atoms with Gasteiger partial charge in [0.25, 0.3) is 17.5 Å². The van der Waals surface area contributed by atoms with Gasteiger partial charge in [-0.25, -0.2) is 4.39 Å². The number of rotatable bonds is 6. The summed E-state index contributed by atoms with van der Waals surface area (Å²) < 4.78 is 13.1. The molecule has 0 aliphatic rings. The number of nitro benzene ring substituents is 1. The molecule has 2 N–H and O–H groups in total. The van der Waals surface area contributed by atoms with Gasteiger partial charge in [-0.2, -0.15) is 0 Å². The number of benzene rings is 2. The van der Waals surface area contributed by atoms with E-state index < -0.39 is 22.6 Å². The largest absolute Gasteiger partial charge is 0.321 e. The van der Waals surface area contributed by atoms with Gasteiger partial charge in [-0.3, -0.25) is 19.7 Å². The van der Waals surface area contributed by atoms with E-state index in [1.54, 1.807) is 23.6 Å². The van der Waals surface area contributed by atoms with Crippen molar-refractivity contribution < 1.29 is 18.9 Å². The van der Waals surface area contributed by atoms with Gasteiger partial charge in [0.2, 0.25) is 0 Å². The first-order chi connectivity index (χ1) is 13.9. The molecule has 9 heteroatoms. The SMILES string of the molecule is O=C(Nc1ccc(F)cc1)/C(=C/c1cccc([N+](=O)[O-])c1)NC(=O)c1cccs1. The van der Waals surface area contributed by atoms with Crippen molar-refractivity contribution in [1.29, 1.82) is 0 Å². The van der Waals surface area contributed by atoms with E-state index in [9.17, 15) is 24.1 Å². The number of halogens is 1. The minimum Gasteiger partial charge on any atom is -0.321 e. The summed E-state index contributed by atoms with van der Waals surface area (Å²) in [5.41, 5.74) is 0.413. The van der Waals surface area contributed by atoms with E-state index in [0.29, 0.717) is 16.1 Å². The predicted octanol–water partition coefficient (Wildman–Crippen LogP) is 4.21. The van der Waals surface area contributed by atoms with Crippen molar-refractivity contribution >= 4 is 40.6 Å². The minimum atomic E-state index is -0.659. The van der Waals surface area contributed by atoms with Crippen LogP contribution in [0.3, 0.4) is 0 Å². The van der Waals surface area contributed by atoms with Crippen molar-refractivity contribution in [2.45, 2.75) is 0 Å². The van der Waals surface area contributed by atoms with Crippen LogP contribution in [0.5, 0.6) is 0 Å². The minimum absolute atomic E-state index is 0.117. The molecule has 0 atom stereocenters. The van der Waals surface area contributed by atoms with Crippen molar-refractivity contribution in [2.24, 2.45) is 0 Å². The Balaban J connectivity index is 1.91. The molecule has 0 aliphatic carbocycles. The lowest BCUT2D eigenvalue weighted by Crippen LogP contribution is -2.30. The summed E-state index contributed by atoms with van der Waals surface area (Å²) in [6, 6.07) is 14.1. The summed E-state index contributed by atoms with van der Waals surface area (Å²) in [6.45, 7) is 0. The number of carbonyl (C=O) groups excluding carboxylic acids is 2. The number of nitrogens with zero attached hydrogens (tertiary/aromatic N) is 1. The maximum atomic E-state index is 13.1. The number of nitrogens with one attached hydrogen (secondary N) is 2. The molecule has 29 heavy (non-hydrogen) atoms. The van der Waals surface area contributed by atoms with Crippen molar-refractivity contribution in [3.05, 3.63) is 98.1 Å². The maximum absolute atomic E-state index is 13.1. The van der Waals surface area contributed by atoms with Crippen molar-refractivity contribution in [3.63, 3.8) is 0 Å². The Hall–Kier alpha value is -3.85. The average Bonchev–Trinajstić information content (AvgIpc) is 3.24. The van der Waals surface area contributed by atoms with Gasteiger partial charge in [0, 0.05) is 17.8 Å². The summed E-state index contributed by atoms with van der Waals surface area (Å²) in [7, 11) is 0. The Morgan fingerprint density at radius 1 is 1.07 bits per heavy atom. The molecule has 1 heterocycles. The molecular weight excluding hydrogens is 397 g/mol. The van der Waals surface area contributed by atoms with Crippen molar-refractivity contribution in [2.75, 3.05) is 5.32 Å². The van der Waals surface area contributed by atoms with E-state index >= 15 is 0 Å². The van der Waals surface area contributed by atoms with Crippen molar-refractivity contribution in [1.82, 2.24) is 5.32 Å². The number of hydrogen-bond acceptors (Lipinski definition) is 5. The number of non-ortho nitro benzene ring substituents is 1. The van der Waals surface area contributed by atoms with Crippen LogP contribution in [0.1, 0.15) is 15.2 Å². The second-order valence-electron chi connectivity index (χ2n) is 5.80. The number of anilines is 1. The van der Waals surface area contributed by atoms with Gasteiger partial charge in [0.05, 0.1) is 9.80 Å². The number of hydrogen-bond donors (Lipinski definition) is 2. The molecule has 0 bridgehead atoms. The van der Waals surface area contributed by atoms with Gasteiger partial charge < -0.3 is 10.6 Å². The van der Waals surface area contributed by atoms with Crippen LogP contribution in [0.4, 0.5) is 15.8 Å². The molecule has 0 radical (unpaired) electrons. The molecule has 0 saturated carbocycles. The Kier molecular flexibility index (Phi) is 6.10. The number of carbonyl (C=O) groups is 2. The molecule has 2 aromatic carbocycles. The van der Waals surface area contributed by atoms with Gasteiger partial charge in [0.15, 0.2) is 0 Å². The Labute approximate surface area is 168 Å². The monoisotopic (exact) mass is 411 g/mol. The number of amides is 2. The zero-order chi connectivity index (χ0) is 20.8. The summed E-state index contributed by atoms with van der Waals surface area (Å²) in [4.78, 5) is 35.9. The second kappa shape index (κ2) is 8.89. The fourth-order valence-corrected chi connectivity index (χ4v) is 3.00. The predicted molar refractivity (Wildman–Crippen MR) is 108 cm³/mol. The highest BCUT2D eigenvalue weighted by Gasteiger charge is 2.16. The molecule has 146 valence electrons. The fraction of sp³-hybridized carbons (Fsp3) is 0. The molecule has 3 aromatic rings. The highest BCUT2D eigenvalue weighted by atomic mass is 32.1. The van der Waals surface area contributed by atoms with Crippen LogP contribution in [0.2, 0.25) is 0 Å². The number of thiophene rings is 1. The van der Waals surface area contributed by atoms with Gasteiger partial charge in [0.1, 0.15) is 11.5 Å². The average molecular weight is 411 g/mol. The van der Waals surface area contributed by atoms with Crippen molar-refractivity contribution in [3.8, 4) is 0 Å². The second-order valence-corrected chi connectivity index (χ2v) is 6.75. The van der Waals surface area contributed by atoms with Crippen LogP contribution < -0.4 is 10.6 Å². The fourth-order valence-electron chi connectivity index (χ4n) is 2.38. The molecule has 0 unspecified atom stereocenters. The lowest BCUT2D eigenvalue weighted by Gasteiger charge is -2.11. The van der Waals surface area contributed by atoms with E-state index in [1.807, 2.05) is 0 Å². The lowest BCUT2D eigenvalue weighted by atomic mass is 10.1. The van der Waals surface area contributed by atoms with E-state index in [-0.39, 0.29) is 11.4 Å². The molecule has 0 fully saturated rings. The zero-order valence-electron chi connectivity index (χ0n) is 14.8. The highest BCUT2D eigenvalue weighted by Crippen LogP contribution is 2.17. The third-order valence-corrected chi connectivity index (χ3v) is 4.60. The molecule has 2 amide bonds. The molecule has 1 aromatic heterocycles. The Bertz CT molecular complexity index is 1080. The summed E-state index contributed by atoms with van der Waals surface area (Å²) in [6.07, 6.45) is 1.33. The van der Waals surface area contributed by atoms with E-state index in [2.05, 4.69) is 10.6 Å². The first-order valence-corrected chi connectivity index (χ1v) is 9.18. The third-order valence-electron chi connectivity index (χ3n) is 3.73. The van der Waals surface area contributed by atoms with E-state index in [4.69, 9.17) is 0 Å². The molecular formula is C20H14FN3O4S. The molecule has 0 saturated heterocycles. The molecule has 7 nitrogen and oxygen atoms in total. The maximum Gasteiger partial charge on any atom is 0.272 e.